The number of amides is 1. The van der Waals surface area contributed by atoms with Gasteiger partial charge in [-0.2, -0.15) is 0 Å². The van der Waals surface area contributed by atoms with Crippen LogP contribution in [0.4, 0.5) is 0 Å². The van der Waals surface area contributed by atoms with Gasteiger partial charge in [-0.15, -0.1) is 0 Å². The summed E-state index contributed by atoms with van der Waals surface area (Å²) >= 11 is 0. The maximum atomic E-state index is 10.6. The van der Waals surface area contributed by atoms with E-state index in [0.717, 1.165) is 5.69 Å². The van der Waals surface area contributed by atoms with Gasteiger partial charge >= 0.3 is 0 Å². The van der Waals surface area contributed by atoms with E-state index in [2.05, 4.69) is 10.3 Å². The van der Waals surface area contributed by atoms with E-state index in [-0.39, 0.29) is 12.5 Å². The van der Waals surface area contributed by atoms with Crippen LogP contribution in [0.5, 0.6) is 0 Å². The summed E-state index contributed by atoms with van der Waals surface area (Å²) in [6, 6.07) is 3.33. The molecular weight excluding hydrogens is 208 g/mol. The molecule has 2 atom stereocenters. The molecule has 0 aliphatic rings. The Hall–Kier alpha value is -1.46. The third-order valence-corrected chi connectivity index (χ3v) is 2.19. The van der Waals surface area contributed by atoms with Gasteiger partial charge in [0.1, 0.15) is 12.2 Å². The van der Waals surface area contributed by atoms with Crippen molar-refractivity contribution in [2.45, 2.75) is 26.1 Å². The second kappa shape index (κ2) is 5.58. The molecule has 0 aliphatic carbocycles. The van der Waals surface area contributed by atoms with Crippen molar-refractivity contribution in [2.75, 3.05) is 6.54 Å². The monoisotopic (exact) mass is 224 g/mol. The molecule has 1 aromatic heterocycles. The van der Waals surface area contributed by atoms with Gasteiger partial charge in [-0.05, 0) is 24.6 Å². The number of aliphatic hydroxyl groups is 2. The first-order valence-corrected chi connectivity index (χ1v) is 5.04. The Morgan fingerprint density at radius 2 is 2.25 bits per heavy atom. The van der Waals surface area contributed by atoms with Crippen molar-refractivity contribution in [3.8, 4) is 0 Å². The van der Waals surface area contributed by atoms with Gasteiger partial charge in [-0.3, -0.25) is 9.78 Å². The first kappa shape index (κ1) is 12.6. The van der Waals surface area contributed by atoms with Gasteiger partial charge in [-0.25, -0.2) is 0 Å². The van der Waals surface area contributed by atoms with Gasteiger partial charge in [0, 0.05) is 25.4 Å². The Labute approximate surface area is 94.1 Å². The van der Waals surface area contributed by atoms with E-state index in [0.29, 0.717) is 5.56 Å². The molecule has 3 N–H and O–H groups in total. The fourth-order valence-corrected chi connectivity index (χ4v) is 1.33. The number of pyridine rings is 1. The number of aryl methyl sites for hydroxylation is 1. The van der Waals surface area contributed by atoms with E-state index in [9.17, 15) is 15.0 Å². The number of hydrogen-bond donors (Lipinski definition) is 3. The summed E-state index contributed by atoms with van der Waals surface area (Å²) < 4.78 is 0. The first-order valence-electron chi connectivity index (χ1n) is 5.04. The zero-order valence-electron chi connectivity index (χ0n) is 9.34. The molecule has 5 heteroatoms. The molecule has 0 fully saturated rings. The quantitative estimate of drug-likeness (QED) is 0.668. The molecule has 2 unspecified atom stereocenters. The lowest BCUT2D eigenvalue weighted by molar-refractivity contribution is -0.119. The minimum atomic E-state index is -1.02. The highest BCUT2D eigenvalue weighted by atomic mass is 16.3. The third kappa shape index (κ3) is 3.60. The van der Waals surface area contributed by atoms with Crippen molar-refractivity contribution in [1.82, 2.24) is 10.3 Å². The van der Waals surface area contributed by atoms with Crippen LogP contribution < -0.4 is 5.32 Å². The van der Waals surface area contributed by atoms with Crippen LogP contribution in [-0.4, -0.2) is 33.8 Å². The molecule has 0 saturated carbocycles. The minimum absolute atomic E-state index is 0.0257. The molecule has 1 aromatic rings. The Morgan fingerprint density at radius 1 is 1.56 bits per heavy atom. The van der Waals surface area contributed by atoms with Crippen molar-refractivity contribution < 1.29 is 15.0 Å². The van der Waals surface area contributed by atoms with Gasteiger partial charge in [0.15, 0.2) is 0 Å². The van der Waals surface area contributed by atoms with Crippen LogP contribution in [0.25, 0.3) is 0 Å². The van der Waals surface area contributed by atoms with E-state index in [1.165, 1.54) is 6.92 Å². The lowest BCUT2D eigenvalue weighted by atomic mass is 10.0. The fraction of sp³-hybridized carbons (Fsp3) is 0.455. The smallest absolute Gasteiger partial charge is 0.216 e. The molecule has 0 radical (unpaired) electrons. The van der Waals surface area contributed by atoms with Crippen LogP contribution in [-0.2, 0) is 4.79 Å². The standard InChI is InChI=1S/C11H16N2O3/c1-7-5-9(3-4-12-7)11(16)10(15)6-13-8(2)14/h3-5,10-11,15-16H,6H2,1-2H3,(H,13,14). The van der Waals surface area contributed by atoms with Crippen molar-refractivity contribution in [2.24, 2.45) is 0 Å². The molecule has 0 bridgehead atoms. The van der Waals surface area contributed by atoms with E-state index < -0.39 is 12.2 Å². The molecule has 0 aromatic carbocycles. The van der Waals surface area contributed by atoms with E-state index in [4.69, 9.17) is 0 Å². The van der Waals surface area contributed by atoms with Crippen molar-refractivity contribution >= 4 is 5.91 Å². The average molecular weight is 224 g/mol. The molecule has 1 amide bonds. The zero-order valence-corrected chi connectivity index (χ0v) is 9.34. The second-order valence-corrected chi connectivity index (χ2v) is 3.68. The van der Waals surface area contributed by atoms with Gasteiger partial charge < -0.3 is 15.5 Å². The summed E-state index contributed by atoms with van der Waals surface area (Å²) in [6.07, 6.45) is -0.474. The van der Waals surface area contributed by atoms with Crippen LogP contribution in [0.1, 0.15) is 24.3 Å². The van der Waals surface area contributed by atoms with E-state index in [1.54, 1.807) is 25.3 Å². The highest BCUT2D eigenvalue weighted by Crippen LogP contribution is 2.16. The lowest BCUT2D eigenvalue weighted by Gasteiger charge is -2.18. The SMILES string of the molecule is CC(=O)NCC(O)C(O)c1ccnc(C)c1. The van der Waals surface area contributed by atoms with Gasteiger partial charge in [0.05, 0.1) is 0 Å². The average Bonchev–Trinajstić information content (AvgIpc) is 2.24. The number of hydrogen-bond acceptors (Lipinski definition) is 4. The fourth-order valence-electron chi connectivity index (χ4n) is 1.33. The number of rotatable bonds is 4. The van der Waals surface area contributed by atoms with Crippen molar-refractivity contribution in [3.63, 3.8) is 0 Å². The first-order chi connectivity index (χ1) is 7.50. The highest BCUT2D eigenvalue weighted by molar-refractivity contribution is 5.72. The Morgan fingerprint density at radius 3 is 2.81 bits per heavy atom. The number of nitrogens with zero attached hydrogens (tertiary/aromatic N) is 1. The van der Waals surface area contributed by atoms with Crippen LogP contribution in [0.15, 0.2) is 18.3 Å². The number of carbonyl (C=O) groups is 1. The molecule has 5 nitrogen and oxygen atoms in total. The summed E-state index contributed by atoms with van der Waals surface area (Å²) in [6.45, 7) is 3.18. The zero-order chi connectivity index (χ0) is 12.1. The Bertz CT molecular complexity index is 368. The largest absolute Gasteiger partial charge is 0.388 e. The molecule has 0 spiro atoms. The predicted molar refractivity (Wildman–Crippen MR) is 58.6 cm³/mol. The number of nitrogens with one attached hydrogen (secondary N) is 1. The Balaban J connectivity index is 2.62. The molecular formula is C11H16N2O3. The maximum absolute atomic E-state index is 10.6. The summed E-state index contributed by atoms with van der Waals surface area (Å²) in [7, 11) is 0. The normalized spacial score (nSPS) is 14.2. The molecule has 1 rings (SSSR count). The van der Waals surface area contributed by atoms with Crippen LogP contribution >= 0.6 is 0 Å². The van der Waals surface area contributed by atoms with Gasteiger partial charge in [0.2, 0.25) is 5.91 Å². The van der Waals surface area contributed by atoms with Crippen LogP contribution in [0, 0.1) is 6.92 Å². The maximum Gasteiger partial charge on any atom is 0.216 e. The van der Waals surface area contributed by atoms with Gasteiger partial charge in [0.25, 0.3) is 0 Å². The summed E-state index contributed by atoms with van der Waals surface area (Å²) in [5, 5.41) is 21.9. The second-order valence-electron chi connectivity index (χ2n) is 3.68. The number of aromatic nitrogens is 1. The predicted octanol–water partition coefficient (Wildman–Crippen LogP) is -0.0796. The minimum Gasteiger partial charge on any atom is -0.388 e. The molecule has 1 heterocycles. The molecule has 88 valence electrons. The summed E-state index contributed by atoms with van der Waals surface area (Å²) in [5.74, 6) is -0.239. The van der Waals surface area contributed by atoms with Crippen molar-refractivity contribution in [3.05, 3.63) is 29.6 Å². The van der Waals surface area contributed by atoms with Gasteiger partial charge in [-0.1, -0.05) is 0 Å². The van der Waals surface area contributed by atoms with Crippen molar-refractivity contribution in [1.29, 1.82) is 0 Å². The number of carbonyl (C=O) groups excluding carboxylic acids is 1. The molecule has 0 aliphatic heterocycles. The van der Waals surface area contributed by atoms with E-state index in [1.807, 2.05) is 0 Å². The Kier molecular flexibility index (Phi) is 4.39. The molecule has 0 saturated heterocycles. The number of aliphatic hydroxyl groups excluding tert-OH is 2. The topological polar surface area (TPSA) is 82.5 Å². The van der Waals surface area contributed by atoms with Crippen LogP contribution in [0.3, 0.4) is 0 Å². The summed E-state index contributed by atoms with van der Waals surface area (Å²) in [5.41, 5.74) is 1.36. The van der Waals surface area contributed by atoms with Crippen LogP contribution in [0.2, 0.25) is 0 Å². The lowest BCUT2D eigenvalue weighted by Crippen LogP contribution is -2.34. The molecule has 16 heavy (non-hydrogen) atoms. The summed E-state index contributed by atoms with van der Waals surface area (Å²) in [4.78, 5) is 14.6. The highest BCUT2D eigenvalue weighted by Gasteiger charge is 2.18. The third-order valence-electron chi connectivity index (χ3n) is 2.19. The van der Waals surface area contributed by atoms with E-state index >= 15 is 0 Å².